The topological polar surface area (TPSA) is 57.9 Å². The van der Waals surface area contributed by atoms with Gasteiger partial charge in [0, 0.05) is 44.3 Å². The molecule has 3 heterocycles. The standard InChI is InChI=1S/C26H26N2O2/c1-12-7-18-21(9-14(12)3)27-16(5)24(18)20-11-23(30-26(20)29)25-17(6)28-22-10-15(4)13(2)8-19(22)25/h7-11,23,27-28H,1-6H3. The summed E-state index contributed by atoms with van der Waals surface area (Å²) in [6.45, 7) is 12.5. The van der Waals surface area contributed by atoms with E-state index in [0.717, 1.165) is 44.3 Å². The fourth-order valence-corrected chi connectivity index (χ4v) is 4.68. The number of aromatic nitrogens is 2. The van der Waals surface area contributed by atoms with Crippen LogP contribution in [0, 0.1) is 41.5 Å². The van der Waals surface area contributed by atoms with E-state index >= 15 is 0 Å². The number of hydrogen-bond acceptors (Lipinski definition) is 2. The van der Waals surface area contributed by atoms with E-state index in [2.05, 4.69) is 61.9 Å². The highest BCUT2D eigenvalue weighted by Gasteiger charge is 2.33. The molecule has 0 aliphatic carbocycles. The Morgan fingerprint density at radius 2 is 1.27 bits per heavy atom. The Morgan fingerprint density at radius 3 is 1.93 bits per heavy atom. The van der Waals surface area contributed by atoms with Crippen molar-refractivity contribution in [2.45, 2.75) is 47.6 Å². The number of carbonyl (C=O) groups excluding carboxylic acids is 1. The molecule has 0 fully saturated rings. The van der Waals surface area contributed by atoms with Crippen molar-refractivity contribution in [3.8, 4) is 0 Å². The molecule has 4 heteroatoms. The van der Waals surface area contributed by atoms with Crippen LogP contribution in [0.3, 0.4) is 0 Å². The molecule has 4 nitrogen and oxygen atoms in total. The first-order chi connectivity index (χ1) is 14.2. The van der Waals surface area contributed by atoms with Gasteiger partial charge in [-0.05, 0) is 94.1 Å². The first-order valence-corrected chi connectivity index (χ1v) is 10.4. The zero-order valence-electron chi connectivity index (χ0n) is 18.3. The minimum Gasteiger partial charge on any atom is -0.449 e. The number of hydrogen-bond donors (Lipinski definition) is 2. The van der Waals surface area contributed by atoms with Gasteiger partial charge in [-0.3, -0.25) is 0 Å². The Balaban J connectivity index is 1.68. The second kappa shape index (κ2) is 6.36. The number of carbonyl (C=O) groups is 1. The third-order valence-electron chi connectivity index (χ3n) is 6.58. The van der Waals surface area contributed by atoms with Gasteiger partial charge in [-0.15, -0.1) is 0 Å². The lowest BCUT2D eigenvalue weighted by Crippen LogP contribution is -2.03. The second-order valence-electron chi connectivity index (χ2n) is 8.66. The average Bonchev–Trinajstić information content (AvgIpc) is 3.28. The van der Waals surface area contributed by atoms with E-state index in [1.54, 1.807) is 0 Å². The highest BCUT2D eigenvalue weighted by atomic mass is 16.5. The summed E-state index contributed by atoms with van der Waals surface area (Å²) >= 11 is 0. The lowest BCUT2D eigenvalue weighted by Gasteiger charge is -2.09. The van der Waals surface area contributed by atoms with Crippen molar-refractivity contribution in [1.29, 1.82) is 0 Å². The number of fused-ring (bicyclic) bond motifs is 2. The van der Waals surface area contributed by atoms with Crippen molar-refractivity contribution in [3.05, 3.63) is 75.1 Å². The summed E-state index contributed by atoms with van der Waals surface area (Å²) in [5.74, 6) is -0.264. The monoisotopic (exact) mass is 398 g/mol. The highest BCUT2D eigenvalue weighted by Crippen LogP contribution is 2.41. The van der Waals surface area contributed by atoms with Crippen LogP contribution in [0.15, 0.2) is 30.3 Å². The van der Waals surface area contributed by atoms with Gasteiger partial charge < -0.3 is 14.7 Å². The minimum absolute atomic E-state index is 0.264. The quantitative estimate of drug-likeness (QED) is 0.396. The van der Waals surface area contributed by atoms with E-state index in [1.165, 1.54) is 22.3 Å². The summed E-state index contributed by atoms with van der Waals surface area (Å²) in [6, 6.07) is 8.66. The molecule has 30 heavy (non-hydrogen) atoms. The Bertz CT molecular complexity index is 1400. The Morgan fingerprint density at radius 1 is 0.733 bits per heavy atom. The predicted molar refractivity (Wildman–Crippen MR) is 122 cm³/mol. The fourth-order valence-electron chi connectivity index (χ4n) is 4.68. The maximum Gasteiger partial charge on any atom is 0.339 e. The van der Waals surface area contributed by atoms with Crippen LogP contribution < -0.4 is 0 Å². The van der Waals surface area contributed by atoms with Gasteiger partial charge in [0.2, 0.25) is 0 Å². The van der Waals surface area contributed by atoms with Gasteiger partial charge in [0.15, 0.2) is 0 Å². The van der Waals surface area contributed by atoms with E-state index in [9.17, 15) is 4.79 Å². The van der Waals surface area contributed by atoms with Crippen LogP contribution in [0.25, 0.3) is 27.4 Å². The maximum absolute atomic E-state index is 13.0. The predicted octanol–water partition coefficient (Wildman–Crippen LogP) is 6.18. The van der Waals surface area contributed by atoms with Gasteiger partial charge in [-0.1, -0.05) is 0 Å². The van der Waals surface area contributed by atoms with E-state index in [1.807, 2.05) is 19.9 Å². The Labute approximate surface area is 175 Å². The number of nitrogens with one attached hydrogen (secondary N) is 2. The van der Waals surface area contributed by atoms with Gasteiger partial charge >= 0.3 is 5.97 Å². The van der Waals surface area contributed by atoms with E-state index in [-0.39, 0.29) is 12.1 Å². The van der Waals surface area contributed by atoms with Gasteiger partial charge in [0.05, 0.1) is 5.57 Å². The van der Waals surface area contributed by atoms with Crippen molar-refractivity contribution >= 4 is 33.3 Å². The van der Waals surface area contributed by atoms with E-state index in [0.29, 0.717) is 5.57 Å². The van der Waals surface area contributed by atoms with Crippen molar-refractivity contribution in [1.82, 2.24) is 9.97 Å². The fraction of sp³-hybridized carbons (Fsp3) is 0.269. The molecular weight excluding hydrogens is 372 g/mol. The number of rotatable bonds is 2. The molecule has 5 rings (SSSR count). The van der Waals surface area contributed by atoms with E-state index in [4.69, 9.17) is 4.74 Å². The maximum atomic E-state index is 13.0. The number of H-pyrrole nitrogens is 2. The van der Waals surface area contributed by atoms with Crippen molar-refractivity contribution < 1.29 is 9.53 Å². The third kappa shape index (κ3) is 2.63. The molecule has 2 aromatic heterocycles. The summed E-state index contributed by atoms with van der Waals surface area (Å²) in [7, 11) is 0. The summed E-state index contributed by atoms with van der Waals surface area (Å²) in [4.78, 5) is 19.9. The summed E-state index contributed by atoms with van der Waals surface area (Å²) < 4.78 is 5.89. The molecule has 2 N–H and O–H groups in total. The van der Waals surface area contributed by atoms with Crippen molar-refractivity contribution in [2.24, 2.45) is 0 Å². The number of ether oxygens (including phenoxy) is 1. The molecule has 0 amide bonds. The van der Waals surface area contributed by atoms with Crippen LogP contribution in [0.5, 0.6) is 0 Å². The van der Waals surface area contributed by atoms with Crippen LogP contribution in [-0.4, -0.2) is 15.9 Å². The molecule has 0 radical (unpaired) electrons. The lowest BCUT2D eigenvalue weighted by molar-refractivity contribution is -0.137. The summed E-state index contributed by atoms with van der Waals surface area (Å²) in [5, 5.41) is 2.19. The highest BCUT2D eigenvalue weighted by molar-refractivity contribution is 6.22. The number of benzene rings is 2. The largest absolute Gasteiger partial charge is 0.449 e. The average molecular weight is 399 g/mol. The van der Waals surface area contributed by atoms with Crippen LogP contribution in [0.4, 0.5) is 0 Å². The van der Waals surface area contributed by atoms with Crippen LogP contribution in [-0.2, 0) is 9.53 Å². The molecule has 2 aromatic carbocycles. The van der Waals surface area contributed by atoms with Crippen LogP contribution in [0.2, 0.25) is 0 Å². The molecular formula is C26H26N2O2. The number of aryl methyl sites for hydroxylation is 6. The van der Waals surface area contributed by atoms with Gasteiger partial charge in [0.25, 0.3) is 0 Å². The Hall–Kier alpha value is -3.27. The summed E-state index contributed by atoms with van der Waals surface area (Å²) in [5.41, 5.74) is 11.7. The van der Waals surface area contributed by atoms with Crippen LogP contribution >= 0.6 is 0 Å². The minimum atomic E-state index is -0.390. The number of esters is 1. The molecule has 4 aromatic rings. The van der Waals surface area contributed by atoms with Gasteiger partial charge in [0.1, 0.15) is 6.10 Å². The van der Waals surface area contributed by atoms with Crippen molar-refractivity contribution in [2.75, 3.05) is 0 Å². The molecule has 0 saturated carbocycles. The SMILES string of the molecule is Cc1cc2[nH]c(C)c(C3=CC(c4c(C)[nH]c5cc(C)c(C)cc45)OC3=O)c2cc1C. The third-order valence-corrected chi connectivity index (χ3v) is 6.58. The first kappa shape index (κ1) is 18.7. The zero-order chi connectivity index (χ0) is 21.3. The molecule has 0 spiro atoms. The summed E-state index contributed by atoms with van der Waals surface area (Å²) in [6.07, 6.45) is 1.59. The zero-order valence-corrected chi connectivity index (χ0v) is 18.3. The van der Waals surface area contributed by atoms with E-state index < -0.39 is 0 Å². The normalized spacial score (nSPS) is 16.5. The second-order valence-corrected chi connectivity index (χ2v) is 8.66. The molecule has 1 atom stereocenters. The Kier molecular flexibility index (Phi) is 3.97. The molecule has 1 unspecified atom stereocenters. The molecule has 1 aliphatic heterocycles. The smallest absolute Gasteiger partial charge is 0.339 e. The number of aromatic amines is 2. The molecule has 152 valence electrons. The van der Waals surface area contributed by atoms with Gasteiger partial charge in [-0.2, -0.15) is 0 Å². The lowest BCUT2D eigenvalue weighted by atomic mass is 9.97. The van der Waals surface area contributed by atoms with Crippen molar-refractivity contribution in [3.63, 3.8) is 0 Å². The number of cyclic esters (lactones) is 1. The van der Waals surface area contributed by atoms with Gasteiger partial charge in [-0.25, -0.2) is 4.79 Å². The molecule has 0 bridgehead atoms. The molecule has 1 aliphatic rings. The molecule has 0 saturated heterocycles. The van der Waals surface area contributed by atoms with Crippen LogP contribution in [0.1, 0.15) is 50.9 Å². The first-order valence-electron chi connectivity index (χ1n) is 10.4.